The lowest BCUT2D eigenvalue weighted by Crippen LogP contribution is -2.31. The van der Waals surface area contributed by atoms with Crippen molar-refractivity contribution in [3.05, 3.63) is 35.4 Å². The van der Waals surface area contributed by atoms with Crippen molar-refractivity contribution in [2.45, 2.75) is 50.5 Å². The van der Waals surface area contributed by atoms with E-state index in [0.29, 0.717) is 16.2 Å². The molecule has 1 saturated carbocycles. The highest BCUT2D eigenvalue weighted by molar-refractivity contribution is 9.09. The van der Waals surface area contributed by atoms with Crippen molar-refractivity contribution in [1.82, 2.24) is 0 Å². The van der Waals surface area contributed by atoms with Gasteiger partial charge in [0, 0.05) is 4.83 Å². The van der Waals surface area contributed by atoms with Gasteiger partial charge in [-0.25, -0.2) is 0 Å². The molecule has 0 bridgehead atoms. The third-order valence-corrected chi connectivity index (χ3v) is 5.72. The lowest BCUT2D eigenvalue weighted by Gasteiger charge is -2.40. The molecule has 1 aliphatic rings. The Kier molecular flexibility index (Phi) is 3.94. The zero-order valence-corrected chi connectivity index (χ0v) is 12.2. The van der Waals surface area contributed by atoms with Crippen LogP contribution in [-0.2, 0) is 6.61 Å². The van der Waals surface area contributed by atoms with E-state index in [1.807, 2.05) is 12.1 Å². The van der Waals surface area contributed by atoms with Gasteiger partial charge in [-0.1, -0.05) is 54.0 Å². The topological polar surface area (TPSA) is 20.2 Å². The van der Waals surface area contributed by atoms with Gasteiger partial charge >= 0.3 is 0 Å². The summed E-state index contributed by atoms with van der Waals surface area (Å²) in [5.74, 6) is 0.673. The number of benzene rings is 1. The maximum atomic E-state index is 9.05. The molecule has 2 atom stereocenters. The third-order valence-electron chi connectivity index (χ3n) is 4.02. The standard InChI is InChI=1S/C15H21BrO/c1-15(2)9-13(7-8-14(15)16)12-5-3-11(10-17)4-6-12/h3-6,13-14,17H,7-10H2,1-2H3/t13-,14+/m1/s1. The van der Waals surface area contributed by atoms with Gasteiger partial charge in [0.05, 0.1) is 6.61 Å². The Bertz CT molecular complexity index is 369. The van der Waals surface area contributed by atoms with Crippen LogP contribution < -0.4 is 0 Å². The molecule has 0 saturated heterocycles. The Hall–Kier alpha value is -0.340. The molecule has 1 N–H and O–H groups in total. The fraction of sp³-hybridized carbons (Fsp3) is 0.600. The van der Waals surface area contributed by atoms with Gasteiger partial charge in [0.1, 0.15) is 0 Å². The second-order valence-electron chi connectivity index (χ2n) is 5.83. The summed E-state index contributed by atoms with van der Waals surface area (Å²) in [5, 5.41) is 9.05. The molecule has 1 aliphatic carbocycles. The van der Waals surface area contributed by atoms with E-state index < -0.39 is 0 Å². The van der Waals surface area contributed by atoms with Crippen molar-refractivity contribution in [2.24, 2.45) is 5.41 Å². The summed E-state index contributed by atoms with van der Waals surface area (Å²) in [6, 6.07) is 8.45. The minimum Gasteiger partial charge on any atom is -0.392 e. The Morgan fingerprint density at radius 1 is 1.24 bits per heavy atom. The predicted molar refractivity (Wildman–Crippen MR) is 75.5 cm³/mol. The molecule has 0 heterocycles. The first-order valence-electron chi connectivity index (χ1n) is 6.37. The first-order valence-corrected chi connectivity index (χ1v) is 7.28. The summed E-state index contributed by atoms with van der Waals surface area (Å²) in [4.78, 5) is 0.642. The number of halogens is 1. The van der Waals surface area contributed by atoms with E-state index in [2.05, 4.69) is 41.9 Å². The van der Waals surface area contributed by atoms with Crippen LogP contribution in [0.25, 0.3) is 0 Å². The van der Waals surface area contributed by atoms with Crippen LogP contribution in [0.4, 0.5) is 0 Å². The van der Waals surface area contributed by atoms with Gasteiger partial charge < -0.3 is 5.11 Å². The molecule has 0 amide bonds. The number of hydrogen-bond acceptors (Lipinski definition) is 1. The summed E-state index contributed by atoms with van der Waals surface area (Å²) in [5.41, 5.74) is 2.80. The Morgan fingerprint density at radius 3 is 2.41 bits per heavy atom. The van der Waals surface area contributed by atoms with Crippen molar-refractivity contribution >= 4 is 15.9 Å². The molecule has 17 heavy (non-hydrogen) atoms. The predicted octanol–water partition coefficient (Wildman–Crippen LogP) is 4.24. The van der Waals surface area contributed by atoms with Gasteiger partial charge in [-0.2, -0.15) is 0 Å². The average molecular weight is 297 g/mol. The summed E-state index contributed by atoms with van der Waals surface area (Å²) in [6.07, 6.45) is 3.75. The van der Waals surface area contributed by atoms with Gasteiger partial charge in [-0.3, -0.25) is 0 Å². The van der Waals surface area contributed by atoms with Crippen LogP contribution in [0.15, 0.2) is 24.3 Å². The van der Waals surface area contributed by atoms with Crippen LogP contribution in [0.3, 0.4) is 0 Å². The quantitative estimate of drug-likeness (QED) is 0.810. The molecule has 1 nitrogen and oxygen atoms in total. The minimum atomic E-state index is 0.139. The minimum absolute atomic E-state index is 0.139. The second-order valence-corrected chi connectivity index (χ2v) is 6.94. The third kappa shape index (κ3) is 2.92. The fourth-order valence-corrected chi connectivity index (χ4v) is 3.23. The number of alkyl halides is 1. The number of hydrogen-bond donors (Lipinski definition) is 1. The van der Waals surface area contributed by atoms with Crippen LogP contribution in [0.2, 0.25) is 0 Å². The maximum Gasteiger partial charge on any atom is 0.0681 e. The van der Waals surface area contributed by atoms with E-state index in [1.54, 1.807) is 0 Å². The maximum absolute atomic E-state index is 9.05. The molecule has 94 valence electrons. The Morgan fingerprint density at radius 2 is 1.88 bits per heavy atom. The summed E-state index contributed by atoms with van der Waals surface area (Å²) < 4.78 is 0. The molecule has 0 radical (unpaired) electrons. The van der Waals surface area contributed by atoms with Gasteiger partial charge in [0.2, 0.25) is 0 Å². The monoisotopic (exact) mass is 296 g/mol. The van der Waals surface area contributed by atoms with E-state index in [4.69, 9.17) is 5.11 Å². The van der Waals surface area contributed by atoms with Crippen molar-refractivity contribution in [2.75, 3.05) is 0 Å². The van der Waals surface area contributed by atoms with E-state index in [-0.39, 0.29) is 6.61 Å². The van der Waals surface area contributed by atoms with Crippen LogP contribution in [0, 0.1) is 5.41 Å². The van der Waals surface area contributed by atoms with Gasteiger partial charge in [-0.05, 0) is 41.7 Å². The highest BCUT2D eigenvalue weighted by Gasteiger charge is 2.35. The highest BCUT2D eigenvalue weighted by Crippen LogP contribution is 2.46. The molecule has 1 fully saturated rings. The molecule has 2 heteroatoms. The normalized spacial score (nSPS) is 28.0. The Labute approximate surface area is 112 Å². The zero-order chi connectivity index (χ0) is 12.5. The highest BCUT2D eigenvalue weighted by atomic mass is 79.9. The molecule has 0 unspecified atom stereocenters. The molecule has 1 aromatic carbocycles. The van der Waals surface area contributed by atoms with Crippen LogP contribution in [-0.4, -0.2) is 9.93 Å². The summed E-state index contributed by atoms with van der Waals surface area (Å²) >= 11 is 3.80. The van der Waals surface area contributed by atoms with Gasteiger partial charge in [0.25, 0.3) is 0 Å². The largest absolute Gasteiger partial charge is 0.392 e. The van der Waals surface area contributed by atoms with Crippen molar-refractivity contribution in [3.8, 4) is 0 Å². The first kappa shape index (κ1) is 13.1. The van der Waals surface area contributed by atoms with E-state index in [0.717, 1.165) is 5.56 Å². The van der Waals surface area contributed by atoms with E-state index in [1.165, 1.54) is 24.8 Å². The van der Waals surface area contributed by atoms with E-state index >= 15 is 0 Å². The number of rotatable bonds is 2. The van der Waals surface area contributed by atoms with Crippen LogP contribution in [0.5, 0.6) is 0 Å². The molecular weight excluding hydrogens is 276 g/mol. The van der Waals surface area contributed by atoms with Crippen molar-refractivity contribution in [1.29, 1.82) is 0 Å². The number of aliphatic hydroxyl groups is 1. The first-order chi connectivity index (χ1) is 8.03. The van der Waals surface area contributed by atoms with Crippen LogP contribution in [0.1, 0.15) is 50.2 Å². The van der Waals surface area contributed by atoms with Crippen LogP contribution >= 0.6 is 15.9 Å². The molecule has 2 rings (SSSR count). The Balaban J connectivity index is 2.12. The average Bonchev–Trinajstić information content (AvgIpc) is 2.33. The summed E-state index contributed by atoms with van der Waals surface area (Å²) in [6.45, 7) is 4.83. The lowest BCUT2D eigenvalue weighted by molar-refractivity contribution is 0.234. The summed E-state index contributed by atoms with van der Waals surface area (Å²) in [7, 11) is 0. The molecule has 0 aliphatic heterocycles. The SMILES string of the molecule is CC1(C)C[C@H](c2ccc(CO)cc2)CC[C@@H]1Br. The molecule has 0 aromatic heterocycles. The molecular formula is C15H21BrO. The molecule has 0 spiro atoms. The van der Waals surface area contributed by atoms with Crippen molar-refractivity contribution in [3.63, 3.8) is 0 Å². The van der Waals surface area contributed by atoms with E-state index in [9.17, 15) is 0 Å². The fourth-order valence-electron chi connectivity index (χ4n) is 2.78. The lowest BCUT2D eigenvalue weighted by atomic mass is 9.70. The number of aliphatic hydroxyl groups excluding tert-OH is 1. The smallest absolute Gasteiger partial charge is 0.0681 e. The second kappa shape index (κ2) is 5.11. The molecule has 1 aromatic rings. The van der Waals surface area contributed by atoms with Crippen molar-refractivity contribution < 1.29 is 5.11 Å². The van der Waals surface area contributed by atoms with Gasteiger partial charge in [-0.15, -0.1) is 0 Å². The zero-order valence-electron chi connectivity index (χ0n) is 10.6. The van der Waals surface area contributed by atoms with Gasteiger partial charge in [0.15, 0.2) is 0 Å².